The fourth-order valence-electron chi connectivity index (χ4n) is 2.35. The number of phenols is 1. The molecule has 1 fully saturated rings. The molecule has 0 saturated heterocycles. The van der Waals surface area contributed by atoms with Crippen LogP contribution in [-0.4, -0.2) is 40.6 Å². The third-order valence-electron chi connectivity index (χ3n) is 3.64. The number of ketones is 1. The number of benzene rings is 1. The molecule has 2 N–H and O–H groups in total. The topological polar surface area (TPSA) is 60.8 Å². The summed E-state index contributed by atoms with van der Waals surface area (Å²) in [6.07, 6.45) is 1.85. The van der Waals surface area contributed by atoms with E-state index in [0.717, 1.165) is 12.8 Å². The molecule has 1 unspecified atom stereocenters. The fraction of sp³-hybridized carbons (Fsp3) is 0.533. The summed E-state index contributed by atoms with van der Waals surface area (Å²) >= 11 is 5.98. The summed E-state index contributed by atoms with van der Waals surface area (Å²) in [6.45, 7) is 2.39. The van der Waals surface area contributed by atoms with Crippen molar-refractivity contribution in [2.45, 2.75) is 32.4 Å². The average Bonchev–Trinajstić information content (AvgIpc) is 3.16. The van der Waals surface area contributed by atoms with Gasteiger partial charge < -0.3 is 10.2 Å². The van der Waals surface area contributed by atoms with Crippen LogP contribution in [0.4, 0.5) is 0 Å². The minimum Gasteiger partial charge on any atom is -0.507 e. The summed E-state index contributed by atoms with van der Waals surface area (Å²) in [6, 6.07) is 3.13. The number of carbonyl (C=O) groups excluding carboxylic acids is 1. The lowest BCUT2D eigenvalue weighted by Gasteiger charge is -2.21. The fourth-order valence-corrected chi connectivity index (χ4v) is 2.59. The molecule has 0 heterocycles. The Morgan fingerprint density at radius 2 is 2.15 bits per heavy atom. The Labute approximate surface area is 124 Å². The number of rotatable bonds is 6. The minimum absolute atomic E-state index is 0.0188. The molecule has 0 radical (unpaired) electrons. The normalized spacial score (nSPS) is 16.4. The quantitative estimate of drug-likeness (QED) is 0.792. The molecular weight excluding hydrogens is 278 g/mol. The van der Waals surface area contributed by atoms with Crippen LogP contribution in [0.5, 0.6) is 5.75 Å². The Morgan fingerprint density at radius 3 is 2.70 bits per heavy atom. The van der Waals surface area contributed by atoms with Gasteiger partial charge in [-0.3, -0.25) is 9.69 Å². The predicted octanol–water partition coefficient (Wildman–Crippen LogP) is 2.45. The molecule has 4 nitrogen and oxygen atoms in total. The number of hydrogen-bond donors (Lipinski definition) is 2. The molecule has 0 aliphatic heterocycles. The smallest absolute Gasteiger partial charge is 0.163 e. The largest absolute Gasteiger partial charge is 0.507 e. The summed E-state index contributed by atoms with van der Waals surface area (Å²) < 4.78 is 0. The van der Waals surface area contributed by atoms with Crippen LogP contribution in [0.25, 0.3) is 0 Å². The Morgan fingerprint density at radius 1 is 1.50 bits per heavy atom. The SMILES string of the molecule is CC(=O)c1cc(Cl)cc(CN(C)CC(O)C2CC2)c1O. The van der Waals surface area contributed by atoms with Crippen molar-refractivity contribution >= 4 is 17.4 Å². The monoisotopic (exact) mass is 297 g/mol. The lowest BCUT2D eigenvalue weighted by atomic mass is 10.1. The number of nitrogens with zero attached hydrogens (tertiary/aromatic N) is 1. The van der Waals surface area contributed by atoms with Gasteiger partial charge in [0, 0.05) is 23.7 Å². The van der Waals surface area contributed by atoms with Crippen LogP contribution in [0.1, 0.15) is 35.7 Å². The van der Waals surface area contributed by atoms with Gasteiger partial charge in [0.1, 0.15) is 5.75 Å². The van der Waals surface area contributed by atoms with Gasteiger partial charge in [-0.2, -0.15) is 0 Å². The number of aromatic hydroxyl groups is 1. The molecule has 1 atom stereocenters. The zero-order valence-corrected chi connectivity index (χ0v) is 12.5. The standard InChI is InChI=1S/C15H20ClNO3/c1-9(18)13-6-12(16)5-11(15(13)20)7-17(2)8-14(19)10-3-4-10/h5-6,10,14,19-20H,3-4,7-8H2,1-2H3. The second kappa shape index (κ2) is 6.12. The number of carbonyl (C=O) groups is 1. The van der Waals surface area contributed by atoms with Crippen molar-refractivity contribution < 1.29 is 15.0 Å². The highest BCUT2D eigenvalue weighted by Gasteiger charge is 2.30. The van der Waals surface area contributed by atoms with Crippen molar-refractivity contribution in [2.75, 3.05) is 13.6 Å². The average molecular weight is 298 g/mol. The van der Waals surface area contributed by atoms with Crippen molar-refractivity contribution in [1.82, 2.24) is 4.90 Å². The zero-order chi connectivity index (χ0) is 14.9. The maximum Gasteiger partial charge on any atom is 0.163 e. The number of aliphatic hydroxyl groups is 1. The lowest BCUT2D eigenvalue weighted by molar-refractivity contribution is 0.100. The van der Waals surface area contributed by atoms with E-state index in [2.05, 4.69) is 0 Å². The van der Waals surface area contributed by atoms with Crippen LogP contribution in [0.2, 0.25) is 5.02 Å². The molecule has 1 aromatic carbocycles. The van der Waals surface area contributed by atoms with Crippen LogP contribution in [0.15, 0.2) is 12.1 Å². The van der Waals surface area contributed by atoms with Crippen LogP contribution < -0.4 is 0 Å². The van der Waals surface area contributed by atoms with Crippen LogP contribution in [0.3, 0.4) is 0 Å². The molecule has 2 rings (SSSR count). The van der Waals surface area contributed by atoms with Gasteiger partial charge in [0.2, 0.25) is 0 Å². The summed E-state index contributed by atoms with van der Waals surface area (Å²) in [7, 11) is 1.87. The van der Waals surface area contributed by atoms with Gasteiger partial charge in [0.15, 0.2) is 5.78 Å². The maximum atomic E-state index is 11.5. The zero-order valence-electron chi connectivity index (χ0n) is 11.8. The second-order valence-electron chi connectivity index (χ2n) is 5.62. The van der Waals surface area contributed by atoms with Crippen LogP contribution in [-0.2, 0) is 6.54 Å². The molecule has 0 amide bonds. The number of halogens is 1. The number of likely N-dealkylation sites (N-methyl/N-ethyl adjacent to an activating group) is 1. The van der Waals surface area contributed by atoms with Gasteiger partial charge in [-0.1, -0.05) is 11.6 Å². The highest BCUT2D eigenvalue weighted by atomic mass is 35.5. The Hall–Kier alpha value is -1.10. The van der Waals surface area contributed by atoms with Gasteiger partial charge in [0.25, 0.3) is 0 Å². The maximum absolute atomic E-state index is 11.5. The van der Waals surface area contributed by atoms with Crippen molar-refractivity contribution in [1.29, 1.82) is 0 Å². The van der Waals surface area contributed by atoms with Gasteiger partial charge in [-0.25, -0.2) is 0 Å². The minimum atomic E-state index is -0.325. The first-order chi connectivity index (χ1) is 9.38. The van der Waals surface area contributed by atoms with E-state index in [4.69, 9.17) is 11.6 Å². The highest BCUT2D eigenvalue weighted by molar-refractivity contribution is 6.31. The van der Waals surface area contributed by atoms with E-state index in [9.17, 15) is 15.0 Å². The second-order valence-corrected chi connectivity index (χ2v) is 6.06. The molecule has 1 aliphatic carbocycles. The third kappa shape index (κ3) is 3.72. The van der Waals surface area contributed by atoms with Gasteiger partial charge >= 0.3 is 0 Å². The molecule has 110 valence electrons. The summed E-state index contributed by atoms with van der Waals surface area (Å²) in [4.78, 5) is 13.4. The number of aliphatic hydroxyl groups excluding tert-OH is 1. The number of phenolic OH excluding ortho intramolecular Hbond substituents is 1. The molecule has 0 spiro atoms. The molecule has 0 bridgehead atoms. The van der Waals surface area contributed by atoms with Gasteiger partial charge in [-0.05, 0) is 44.9 Å². The first-order valence-electron chi connectivity index (χ1n) is 6.77. The molecule has 1 aromatic rings. The first-order valence-corrected chi connectivity index (χ1v) is 7.15. The predicted molar refractivity (Wildman–Crippen MR) is 78.2 cm³/mol. The molecular formula is C15H20ClNO3. The van der Waals surface area contributed by atoms with Gasteiger partial charge in [-0.15, -0.1) is 0 Å². The molecule has 20 heavy (non-hydrogen) atoms. The van der Waals surface area contributed by atoms with Crippen molar-refractivity contribution in [2.24, 2.45) is 5.92 Å². The molecule has 1 aliphatic rings. The molecule has 5 heteroatoms. The van der Waals surface area contributed by atoms with Crippen molar-refractivity contribution in [3.05, 3.63) is 28.3 Å². The van der Waals surface area contributed by atoms with E-state index in [1.54, 1.807) is 6.07 Å². The lowest BCUT2D eigenvalue weighted by Crippen LogP contribution is -2.30. The highest BCUT2D eigenvalue weighted by Crippen LogP contribution is 2.33. The van der Waals surface area contributed by atoms with E-state index < -0.39 is 0 Å². The van der Waals surface area contributed by atoms with E-state index >= 15 is 0 Å². The summed E-state index contributed by atoms with van der Waals surface area (Å²) in [5, 5.41) is 20.5. The van der Waals surface area contributed by atoms with E-state index in [1.807, 2.05) is 11.9 Å². The molecule has 0 aromatic heterocycles. The number of hydrogen-bond acceptors (Lipinski definition) is 4. The Bertz CT molecular complexity index is 514. The Balaban J connectivity index is 2.09. The van der Waals surface area contributed by atoms with Crippen molar-refractivity contribution in [3.63, 3.8) is 0 Å². The van der Waals surface area contributed by atoms with Crippen LogP contribution >= 0.6 is 11.6 Å². The van der Waals surface area contributed by atoms with E-state index in [-0.39, 0.29) is 23.2 Å². The Kier molecular flexibility index (Phi) is 4.68. The van der Waals surface area contributed by atoms with Crippen LogP contribution in [0, 0.1) is 5.92 Å². The third-order valence-corrected chi connectivity index (χ3v) is 3.86. The first kappa shape index (κ1) is 15.3. The van der Waals surface area contributed by atoms with E-state index in [1.165, 1.54) is 13.0 Å². The van der Waals surface area contributed by atoms with Gasteiger partial charge in [0.05, 0.1) is 11.7 Å². The van der Waals surface area contributed by atoms with E-state index in [0.29, 0.717) is 29.6 Å². The van der Waals surface area contributed by atoms with Crippen molar-refractivity contribution in [3.8, 4) is 5.75 Å². The summed E-state index contributed by atoms with van der Waals surface area (Å²) in [5.74, 6) is 0.180. The molecule has 1 saturated carbocycles. The number of Topliss-reactive ketones (excluding diaryl/α,β-unsaturated/α-hetero) is 1. The summed E-state index contributed by atoms with van der Waals surface area (Å²) in [5.41, 5.74) is 0.844.